The molecule has 4 rings (SSSR count). The number of ether oxygens (including phenoxy) is 2. The third kappa shape index (κ3) is 3.46. The van der Waals surface area contributed by atoms with Gasteiger partial charge < -0.3 is 19.3 Å². The summed E-state index contributed by atoms with van der Waals surface area (Å²) in [5, 5.41) is 0. The molecule has 0 unspecified atom stereocenters. The van der Waals surface area contributed by atoms with E-state index < -0.39 is 0 Å². The molecule has 3 fully saturated rings. The van der Waals surface area contributed by atoms with E-state index in [9.17, 15) is 4.79 Å². The van der Waals surface area contributed by atoms with Crippen LogP contribution in [0.2, 0.25) is 0 Å². The molecule has 0 bridgehead atoms. The van der Waals surface area contributed by atoms with Crippen molar-refractivity contribution in [3.63, 3.8) is 0 Å². The van der Waals surface area contributed by atoms with Gasteiger partial charge in [0.15, 0.2) is 0 Å². The molecule has 6 heteroatoms. The van der Waals surface area contributed by atoms with Crippen LogP contribution in [-0.2, 0) is 15.0 Å². The quantitative estimate of drug-likeness (QED) is 0.807. The van der Waals surface area contributed by atoms with E-state index in [1.54, 1.807) is 0 Å². The van der Waals surface area contributed by atoms with Gasteiger partial charge in [-0.1, -0.05) is 30.3 Å². The summed E-state index contributed by atoms with van der Waals surface area (Å²) < 4.78 is 11.0. The zero-order chi connectivity index (χ0) is 17.8. The predicted molar refractivity (Wildman–Crippen MR) is 99.1 cm³/mol. The lowest BCUT2D eigenvalue weighted by Gasteiger charge is -2.51. The second-order valence-electron chi connectivity index (χ2n) is 7.37. The van der Waals surface area contributed by atoms with Gasteiger partial charge in [0.05, 0.1) is 26.4 Å². The first-order valence-corrected chi connectivity index (χ1v) is 9.79. The molecule has 1 aromatic rings. The average molecular weight is 359 g/mol. The van der Waals surface area contributed by atoms with Crippen LogP contribution < -0.4 is 0 Å². The molecule has 6 nitrogen and oxygen atoms in total. The second-order valence-corrected chi connectivity index (χ2v) is 7.37. The van der Waals surface area contributed by atoms with Crippen molar-refractivity contribution in [1.82, 2.24) is 14.7 Å². The molecule has 3 aliphatic rings. The zero-order valence-corrected chi connectivity index (χ0v) is 15.4. The van der Waals surface area contributed by atoms with Gasteiger partial charge >= 0.3 is 6.03 Å². The highest BCUT2D eigenvalue weighted by molar-refractivity contribution is 5.74. The van der Waals surface area contributed by atoms with E-state index >= 15 is 0 Å². The summed E-state index contributed by atoms with van der Waals surface area (Å²) in [5.74, 6) is 0. The molecular formula is C20H29N3O3. The van der Waals surface area contributed by atoms with Crippen LogP contribution in [0.4, 0.5) is 4.79 Å². The molecule has 0 aromatic heterocycles. The molecule has 0 saturated carbocycles. The number of hydrogen-bond donors (Lipinski definition) is 0. The maximum absolute atomic E-state index is 12.8. The van der Waals surface area contributed by atoms with Gasteiger partial charge in [0.2, 0.25) is 0 Å². The van der Waals surface area contributed by atoms with Gasteiger partial charge in [0, 0.05) is 44.8 Å². The molecule has 3 heterocycles. The van der Waals surface area contributed by atoms with Crippen LogP contribution in [0.5, 0.6) is 0 Å². The molecule has 0 spiro atoms. The molecule has 2 amide bonds. The maximum Gasteiger partial charge on any atom is 0.320 e. The van der Waals surface area contributed by atoms with E-state index in [4.69, 9.17) is 9.47 Å². The SMILES string of the molecule is O=C(N1CCOCC1)N1CCC(c2ccccc2)(N2CCOCC2)CC1. The van der Waals surface area contributed by atoms with Crippen molar-refractivity contribution in [3.05, 3.63) is 35.9 Å². The fourth-order valence-electron chi connectivity index (χ4n) is 4.55. The van der Waals surface area contributed by atoms with E-state index in [-0.39, 0.29) is 11.6 Å². The number of amides is 2. The first-order chi connectivity index (χ1) is 12.8. The fourth-order valence-corrected chi connectivity index (χ4v) is 4.55. The van der Waals surface area contributed by atoms with E-state index in [0.717, 1.165) is 52.2 Å². The van der Waals surface area contributed by atoms with Gasteiger partial charge in [-0.2, -0.15) is 0 Å². The van der Waals surface area contributed by atoms with Crippen LogP contribution >= 0.6 is 0 Å². The van der Waals surface area contributed by atoms with Crippen LogP contribution in [0, 0.1) is 0 Å². The summed E-state index contributed by atoms with van der Waals surface area (Å²) >= 11 is 0. The summed E-state index contributed by atoms with van der Waals surface area (Å²) in [6.45, 7) is 7.87. The Morgan fingerprint density at radius 1 is 0.769 bits per heavy atom. The number of urea groups is 1. The molecule has 3 saturated heterocycles. The number of benzene rings is 1. The van der Waals surface area contributed by atoms with Crippen LogP contribution in [-0.4, -0.2) is 86.4 Å². The van der Waals surface area contributed by atoms with Crippen molar-refractivity contribution >= 4 is 6.03 Å². The Morgan fingerprint density at radius 2 is 1.31 bits per heavy atom. The van der Waals surface area contributed by atoms with Crippen molar-refractivity contribution in [2.45, 2.75) is 18.4 Å². The number of morpholine rings is 2. The van der Waals surface area contributed by atoms with E-state index in [2.05, 4.69) is 35.2 Å². The Hall–Kier alpha value is -1.63. The topological polar surface area (TPSA) is 45.2 Å². The van der Waals surface area contributed by atoms with Gasteiger partial charge in [-0.15, -0.1) is 0 Å². The lowest BCUT2D eigenvalue weighted by molar-refractivity contribution is -0.0491. The second kappa shape index (κ2) is 7.94. The Balaban J connectivity index is 1.49. The summed E-state index contributed by atoms with van der Waals surface area (Å²) in [6.07, 6.45) is 1.96. The Morgan fingerprint density at radius 3 is 1.92 bits per heavy atom. The van der Waals surface area contributed by atoms with Crippen molar-refractivity contribution in [1.29, 1.82) is 0 Å². The molecule has 142 valence electrons. The molecule has 0 atom stereocenters. The molecule has 3 aliphatic heterocycles. The van der Waals surface area contributed by atoms with Crippen molar-refractivity contribution in [2.75, 3.05) is 65.7 Å². The molecule has 1 aromatic carbocycles. The highest BCUT2D eigenvalue weighted by atomic mass is 16.5. The number of carbonyl (C=O) groups is 1. The normalized spacial score (nSPS) is 24.5. The molecule has 0 aliphatic carbocycles. The minimum atomic E-state index is 0.0207. The summed E-state index contributed by atoms with van der Waals surface area (Å²) in [7, 11) is 0. The monoisotopic (exact) mass is 359 g/mol. The van der Waals surface area contributed by atoms with Gasteiger partial charge in [-0.05, 0) is 18.4 Å². The number of piperidine rings is 1. The summed E-state index contributed by atoms with van der Waals surface area (Å²) in [5.41, 5.74) is 1.40. The lowest BCUT2D eigenvalue weighted by atomic mass is 9.79. The number of nitrogens with zero attached hydrogens (tertiary/aromatic N) is 3. The average Bonchev–Trinajstić information content (AvgIpc) is 2.75. The Kier molecular flexibility index (Phi) is 5.43. The minimum absolute atomic E-state index is 0.0207. The van der Waals surface area contributed by atoms with E-state index in [1.807, 2.05) is 9.80 Å². The highest BCUT2D eigenvalue weighted by Gasteiger charge is 2.43. The van der Waals surface area contributed by atoms with Crippen LogP contribution in [0.25, 0.3) is 0 Å². The summed E-state index contributed by atoms with van der Waals surface area (Å²) in [4.78, 5) is 19.4. The molecule has 26 heavy (non-hydrogen) atoms. The minimum Gasteiger partial charge on any atom is -0.379 e. The number of rotatable bonds is 2. The Bertz CT molecular complexity index is 590. The first kappa shape index (κ1) is 17.8. The van der Waals surface area contributed by atoms with E-state index in [0.29, 0.717) is 26.3 Å². The summed E-state index contributed by atoms with van der Waals surface area (Å²) in [6, 6.07) is 11.0. The predicted octanol–water partition coefficient (Wildman–Crippen LogP) is 1.76. The Labute approximate surface area is 155 Å². The standard InChI is InChI=1S/C20H29N3O3/c24-19(22-10-14-25-15-11-22)21-8-6-20(7-9-21,18-4-2-1-3-5-18)23-12-16-26-17-13-23/h1-5H,6-17H2. The maximum atomic E-state index is 12.8. The van der Waals surface area contributed by atoms with Gasteiger partial charge in [0.1, 0.15) is 0 Å². The van der Waals surface area contributed by atoms with Crippen molar-refractivity contribution in [3.8, 4) is 0 Å². The third-order valence-electron chi connectivity index (χ3n) is 6.07. The highest BCUT2D eigenvalue weighted by Crippen LogP contribution is 2.39. The fraction of sp³-hybridized carbons (Fsp3) is 0.650. The van der Waals surface area contributed by atoms with Crippen LogP contribution in [0.15, 0.2) is 30.3 Å². The van der Waals surface area contributed by atoms with Gasteiger partial charge in [-0.3, -0.25) is 4.90 Å². The van der Waals surface area contributed by atoms with Crippen molar-refractivity contribution < 1.29 is 14.3 Å². The molecule has 0 radical (unpaired) electrons. The van der Waals surface area contributed by atoms with E-state index in [1.165, 1.54) is 5.56 Å². The molecule has 0 N–H and O–H groups in total. The van der Waals surface area contributed by atoms with Gasteiger partial charge in [0.25, 0.3) is 0 Å². The lowest BCUT2D eigenvalue weighted by Crippen LogP contribution is -2.58. The third-order valence-corrected chi connectivity index (χ3v) is 6.07. The number of carbonyl (C=O) groups excluding carboxylic acids is 1. The zero-order valence-electron chi connectivity index (χ0n) is 15.4. The smallest absolute Gasteiger partial charge is 0.320 e. The number of hydrogen-bond acceptors (Lipinski definition) is 4. The van der Waals surface area contributed by atoms with Crippen LogP contribution in [0.3, 0.4) is 0 Å². The number of likely N-dealkylation sites (tertiary alicyclic amines) is 1. The first-order valence-electron chi connectivity index (χ1n) is 9.79. The van der Waals surface area contributed by atoms with Gasteiger partial charge in [-0.25, -0.2) is 4.79 Å². The molecular weight excluding hydrogens is 330 g/mol. The largest absolute Gasteiger partial charge is 0.379 e. The van der Waals surface area contributed by atoms with Crippen molar-refractivity contribution in [2.24, 2.45) is 0 Å². The van der Waals surface area contributed by atoms with Crippen LogP contribution in [0.1, 0.15) is 18.4 Å².